The van der Waals surface area contributed by atoms with Crippen LogP contribution in [0.25, 0.3) is 11.0 Å². The summed E-state index contributed by atoms with van der Waals surface area (Å²) in [6.45, 7) is 3.47. The second kappa shape index (κ2) is 5.98. The molecule has 0 fully saturated rings. The molecule has 0 saturated carbocycles. The van der Waals surface area contributed by atoms with Crippen LogP contribution in [-0.4, -0.2) is 5.78 Å². The van der Waals surface area contributed by atoms with Gasteiger partial charge in [-0.05, 0) is 44.2 Å². The Morgan fingerprint density at radius 1 is 1.22 bits per heavy atom. The van der Waals surface area contributed by atoms with E-state index in [1.54, 1.807) is 18.2 Å². The molecule has 0 aliphatic carbocycles. The lowest BCUT2D eigenvalue weighted by atomic mass is 10.1. The molecule has 1 N–H and O–H groups in total. The zero-order chi connectivity index (χ0) is 16.4. The average Bonchev–Trinajstić information content (AvgIpc) is 2.98. The van der Waals surface area contributed by atoms with E-state index < -0.39 is 0 Å². The maximum Gasteiger partial charge on any atom is 0.161 e. The van der Waals surface area contributed by atoms with E-state index in [2.05, 4.69) is 11.4 Å². The molecule has 1 atom stereocenters. The molecule has 1 heterocycles. The van der Waals surface area contributed by atoms with Crippen molar-refractivity contribution in [2.24, 2.45) is 0 Å². The number of carbonyl (C=O) groups excluding carboxylic acids is 1. The highest BCUT2D eigenvalue weighted by Gasteiger charge is 2.15. The van der Waals surface area contributed by atoms with Gasteiger partial charge in [0, 0.05) is 16.6 Å². The van der Waals surface area contributed by atoms with Crippen molar-refractivity contribution in [2.75, 3.05) is 5.32 Å². The van der Waals surface area contributed by atoms with Crippen LogP contribution in [0.5, 0.6) is 0 Å². The first-order chi connectivity index (χ1) is 11.1. The maximum absolute atomic E-state index is 11.8. The first-order valence-corrected chi connectivity index (χ1v) is 7.38. The van der Waals surface area contributed by atoms with Crippen LogP contribution in [0.4, 0.5) is 5.69 Å². The van der Waals surface area contributed by atoms with Gasteiger partial charge in [-0.2, -0.15) is 5.26 Å². The molecule has 0 radical (unpaired) electrons. The highest BCUT2D eigenvalue weighted by Crippen LogP contribution is 2.28. The number of rotatable bonds is 4. The van der Waals surface area contributed by atoms with Crippen molar-refractivity contribution in [2.45, 2.75) is 19.9 Å². The number of anilines is 1. The van der Waals surface area contributed by atoms with Crippen molar-refractivity contribution in [1.29, 1.82) is 5.26 Å². The Bertz CT molecular complexity index is 886. The number of hydrogen-bond acceptors (Lipinski definition) is 4. The van der Waals surface area contributed by atoms with E-state index in [1.165, 1.54) is 6.92 Å². The van der Waals surface area contributed by atoms with Crippen LogP contribution in [0.2, 0.25) is 0 Å². The van der Waals surface area contributed by atoms with E-state index in [4.69, 9.17) is 9.68 Å². The molecule has 4 heteroatoms. The molecule has 2 aromatic carbocycles. The number of furan rings is 1. The van der Waals surface area contributed by atoms with Crippen molar-refractivity contribution in [3.63, 3.8) is 0 Å². The second-order valence-electron chi connectivity index (χ2n) is 5.48. The van der Waals surface area contributed by atoms with Gasteiger partial charge >= 0.3 is 0 Å². The van der Waals surface area contributed by atoms with Gasteiger partial charge in [-0.3, -0.25) is 4.79 Å². The molecule has 0 saturated heterocycles. The van der Waals surface area contributed by atoms with E-state index in [9.17, 15) is 4.79 Å². The monoisotopic (exact) mass is 304 g/mol. The summed E-state index contributed by atoms with van der Waals surface area (Å²) in [5, 5.41) is 13.4. The van der Waals surface area contributed by atoms with Crippen molar-refractivity contribution in [1.82, 2.24) is 0 Å². The summed E-state index contributed by atoms with van der Waals surface area (Å²) in [6, 6.07) is 16.8. The molecule has 0 unspecified atom stereocenters. The molecule has 0 spiro atoms. The van der Waals surface area contributed by atoms with Gasteiger partial charge < -0.3 is 9.73 Å². The third-order valence-electron chi connectivity index (χ3n) is 3.77. The summed E-state index contributed by atoms with van der Waals surface area (Å²) in [6.07, 6.45) is 0. The smallest absolute Gasteiger partial charge is 0.161 e. The minimum Gasteiger partial charge on any atom is -0.459 e. The Labute approximate surface area is 134 Å². The zero-order valence-corrected chi connectivity index (χ0v) is 13.0. The minimum absolute atomic E-state index is 0.0474. The van der Waals surface area contributed by atoms with E-state index in [0.717, 1.165) is 16.7 Å². The van der Waals surface area contributed by atoms with E-state index in [1.807, 2.05) is 37.3 Å². The molecule has 3 aromatic rings. The SMILES string of the molecule is CC(=O)c1ccc(C#N)cc1N[C@H](C)c1cc2ccccc2o1. The molecular weight excluding hydrogens is 288 g/mol. The van der Waals surface area contributed by atoms with Crippen LogP contribution >= 0.6 is 0 Å². The predicted octanol–water partition coefficient (Wildman–Crippen LogP) is 4.68. The van der Waals surface area contributed by atoms with Crippen molar-refractivity contribution >= 4 is 22.4 Å². The fraction of sp³-hybridized carbons (Fsp3) is 0.158. The minimum atomic E-state index is -0.130. The summed E-state index contributed by atoms with van der Waals surface area (Å²) < 4.78 is 5.85. The number of benzene rings is 2. The van der Waals surface area contributed by atoms with Gasteiger partial charge in [0.05, 0.1) is 17.7 Å². The maximum atomic E-state index is 11.8. The molecule has 0 aliphatic heterocycles. The van der Waals surface area contributed by atoms with Crippen LogP contribution in [0, 0.1) is 11.3 Å². The Kier molecular flexibility index (Phi) is 3.86. The highest BCUT2D eigenvalue weighted by atomic mass is 16.3. The predicted molar refractivity (Wildman–Crippen MR) is 89.4 cm³/mol. The third-order valence-corrected chi connectivity index (χ3v) is 3.77. The lowest BCUT2D eigenvalue weighted by Gasteiger charge is -2.15. The molecule has 23 heavy (non-hydrogen) atoms. The number of para-hydroxylation sites is 1. The summed E-state index contributed by atoms with van der Waals surface area (Å²) in [5.74, 6) is 0.733. The molecule has 0 bridgehead atoms. The number of hydrogen-bond donors (Lipinski definition) is 1. The van der Waals surface area contributed by atoms with Gasteiger partial charge in [0.25, 0.3) is 0 Å². The standard InChI is InChI=1S/C19H16N2O2/c1-12(19-10-15-5-3-4-6-18(15)23-19)21-17-9-14(11-20)7-8-16(17)13(2)22/h3-10,12,21H,1-2H3/t12-/m1/s1. The van der Waals surface area contributed by atoms with Crippen LogP contribution in [0.1, 0.15) is 41.6 Å². The topological polar surface area (TPSA) is 66.0 Å². The molecule has 3 rings (SSSR count). The summed E-state index contributed by atoms with van der Waals surface area (Å²) >= 11 is 0. The summed E-state index contributed by atoms with van der Waals surface area (Å²) in [4.78, 5) is 11.8. The number of nitrogens with zero attached hydrogens (tertiary/aromatic N) is 1. The van der Waals surface area contributed by atoms with Crippen LogP contribution in [-0.2, 0) is 0 Å². The normalized spacial score (nSPS) is 11.9. The van der Waals surface area contributed by atoms with E-state index >= 15 is 0 Å². The third kappa shape index (κ3) is 2.95. The molecular formula is C19H16N2O2. The number of nitriles is 1. The lowest BCUT2D eigenvalue weighted by Crippen LogP contribution is -2.09. The van der Waals surface area contributed by atoms with Gasteiger partial charge in [-0.25, -0.2) is 0 Å². The van der Waals surface area contributed by atoms with Crippen molar-refractivity contribution in [3.8, 4) is 6.07 Å². The van der Waals surface area contributed by atoms with Crippen molar-refractivity contribution in [3.05, 3.63) is 65.4 Å². The van der Waals surface area contributed by atoms with Gasteiger partial charge in [0.15, 0.2) is 5.78 Å². The Morgan fingerprint density at radius 2 is 2.00 bits per heavy atom. The van der Waals surface area contributed by atoms with Gasteiger partial charge in [0.2, 0.25) is 0 Å². The highest BCUT2D eigenvalue weighted by molar-refractivity contribution is 5.99. The second-order valence-corrected chi connectivity index (χ2v) is 5.48. The first-order valence-electron chi connectivity index (χ1n) is 7.38. The fourth-order valence-corrected chi connectivity index (χ4v) is 2.56. The number of nitrogens with one attached hydrogen (secondary N) is 1. The van der Waals surface area contributed by atoms with E-state index in [0.29, 0.717) is 16.8 Å². The largest absolute Gasteiger partial charge is 0.459 e. The first kappa shape index (κ1) is 14.9. The quantitative estimate of drug-likeness (QED) is 0.711. The van der Waals surface area contributed by atoms with Crippen LogP contribution in [0.15, 0.2) is 52.9 Å². The lowest BCUT2D eigenvalue weighted by molar-refractivity contribution is 0.101. The van der Waals surface area contributed by atoms with Gasteiger partial charge in [0.1, 0.15) is 11.3 Å². The summed E-state index contributed by atoms with van der Waals surface area (Å²) in [7, 11) is 0. The van der Waals surface area contributed by atoms with Crippen LogP contribution < -0.4 is 5.32 Å². The number of ketones is 1. The fourth-order valence-electron chi connectivity index (χ4n) is 2.56. The molecule has 114 valence electrons. The zero-order valence-electron chi connectivity index (χ0n) is 13.0. The van der Waals surface area contributed by atoms with Gasteiger partial charge in [-0.15, -0.1) is 0 Å². The Hall–Kier alpha value is -3.06. The van der Waals surface area contributed by atoms with Gasteiger partial charge in [-0.1, -0.05) is 18.2 Å². The number of carbonyl (C=O) groups is 1. The molecule has 0 aliphatic rings. The number of fused-ring (bicyclic) bond motifs is 1. The Morgan fingerprint density at radius 3 is 2.70 bits per heavy atom. The van der Waals surface area contributed by atoms with E-state index in [-0.39, 0.29) is 11.8 Å². The average molecular weight is 304 g/mol. The van der Waals surface area contributed by atoms with Crippen LogP contribution in [0.3, 0.4) is 0 Å². The molecule has 1 aromatic heterocycles. The molecule has 4 nitrogen and oxygen atoms in total. The van der Waals surface area contributed by atoms with Crippen molar-refractivity contribution < 1.29 is 9.21 Å². The summed E-state index contributed by atoms with van der Waals surface area (Å²) in [5.41, 5.74) is 2.54. The molecule has 0 amide bonds. The number of Topliss-reactive ketones (excluding diaryl/α,β-unsaturated/α-hetero) is 1. The Balaban J connectivity index is 1.94.